The highest BCUT2D eigenvalue weighted by Gasteiger charge is 2.12. The number of rotatable bonds is 7. The van der Waals surface area contributed by atoms with E-state index in [9.17, 15) is 4.79 Å². The molecule has 1 atom stereocenters. The predicted molar refractivity (Wildman–Crippen MR) is 69.5 cm³/mol. The molecule has 100 valence electrons. The van der Waals surface area contributed by atoms with E-state index < -0.39 is 0 Å². The summed E-state index contributed by atoms with van der Waals surface area (Å²) in [7, 11) is 3.14. The lowest BCUT2D eigenvalue weighted by molar-refractivity contribution is -0.124. The number of hydrogen-bond donors (Lipinski definition) is 0. The molecule has 0 saturated heterocycles. The second kappa shape index (κ2) is 6.89. The summed E-state index contributed by atoms with van der Waals surface area (Å²) in [4.78, 5) is 11.7. The topological polar surface area (TPSA) is 44.8 Å². The fourth-order valence-corrected chi connectivity index (χ4v) is 1.39. The number of Topliss-reactive ketones (excluding diaryl/α,β-unsaturated/α-hetero) is 1. The molecule has 0 amide bonds. The van der Waals surface area contributed by atoms with Crippen LogP contribution in [0.25, 0.3) is 0 Å². The first-order chi connectivity index (χ1) is 8.60. The van der Waals surface area contributed by atoms with Crippen molar-refractivity contribution in [1.82, 2.24) is 0 Å². The molecule has 0 spiro atoms. The number of benzene rings is 1. The maximum atomic E-state index is 11.7. The fourth-order valence-electron chi connectivity index (χ4n) is 1.39. The highest BCUT2D eigenvalue weighted by molar-refractivity contribution is 5.82. The summed E-state index contributed by atoms with van der Waals surface area (Å²) in [6.07, 6.45) is 0.823. The van der Waals surface area contributed by atoms with E-state index in [0.717, 1.165) is 6.42 Å². The van der Waals surface area contributed by atoms with E-state index in [4.69, 9.17) is 14.2 Å². The molecule has 0 N–H and O–H groups in total. The van der Waals surface area contributed by atoms with Gasteiger partial charge in [0.25, 0.3) is 0 Å². The molecular formula is C14H20O4. The maximum absolute atomic E-state index is 11.7. The van der Waals surface area contributed by atoms with Crippen LogP contribution in [-0.4, -0.2) is 26.6 Å². The Morgan fingerprint density at radius 3 is 2.06 bits per heavy atom. The SMILES string of the molecule is CCC(C)C(=O)COc1cc(OC)cc(OC)c1. The van der Waals surface area contributed by atoms with Crippen molar-refractivity contribution in [1.29, 1.82) is 0 Å². The van der Waals surface area contributed by atoms with Gasteiger partial charge in [0.2, 0.25) is 0 Å². The first-order valence-corrected chi connectivity index (χ1v) is 5.99. The highest BCUT2D eigenvalue weighted by Crippen LogP contribution is 2.27. The van der Waals surface area contributed by atoms with Gasteiger partial charge < -0.3 is 14.2 Å². The largest absolute Gasteiger partial charge is 0.496 e. The molecular weight excluding hydrogens is 232 g/mol. The third-order valence-electron chi connectivity index (χ3n) is 2.87. The summed E-state index contributed by atoms with van der Waals surface area (Å²) in [5.74, 6) is 1.97. The van der Waals surface area contributed by atoms with Crippen LogP contribution in [0.1, 0.15) is 20.3 Å². The van der Waals surface area contributed by atoms with E-state index in [-0.39, 0.29) is 18.3 Å². The van der Waals surface area contributed by atoms with Crippen molar-refractivity contribution in [3.63, 3.8) is 0 Å². The molecule has 18 heavy (non-hydrogen) atoms. The van der Waals surface area contributed by atoms with Crippen LogP contribution in [0.4, 0.5) is 0 Å². The number of carbonyl (C=O) groups excluding carboxylic acids is 1. The summed E-state index contributed by atoms with van der Waals surface area (Å²) in [6.45, 7) is 3.96. The molecule has 4 heteroatoms. The molecule has 1 unspecified atom stereocenters. The van der Waals surface area contributed by atoms with Gasteiger partial charge in [-0.05, 0) is 6.42 Å². The number of methoxy groups -OCH3 is 2. The lowest BCUT2D eigenvalue weighted by atomic mass is 10.1. The third-order valence-corrected chi connectivity index (χ3v) is 2.87. The highest BCUT2D eigenvalue weighted by atomic mass is 16.5. The van der Waals surface area contributed by atoms with Gasteiger partial charge >= 0.3 is 0 Å². The Balaban J connectivity index is 2.69. The van der Waals surface area contributed by atoms with Crippen molar-refractivity contribution in [2.75, 3.05) is 20.8 Å². The molecule has 0 fully saturated rings. The van der Waals surface area contributed by atoms with Gasteiger partial charge in [0, 0.05) is 24.1 Å². The van der Waals surface area contributed by atoms with Gasteiger partial charge in [0.05, 0.1) is 14.2 Å². The molecule has 0 aliphatic heterocycles. The van der Waals surface area contributed by atoms with Crippen LogP contribution < -0.4 is 14.2 Å². The molecule has 4 nitrogen and oxygen atoms in total. The maximum Gasteiger partial charge on any atom is 0.172 e. The Morgan fingerprint density at radius 1 is 1.11 bits per heavy atom. The number of ketones is 1. The van der Waals surface area contributed by atoms with Gasteiger partial charge in [0.15, 0.2) is 5.78 Å². The minimum Gasteiger partial charge on any atom is -0.496 e. The van der Waals surface area contributed by atoms with Crippen molar-refractivity contribution in [3.05, 3.63) is 18.2 Å². The van der Waals surface area contributed by atoms with Crippen molar-refractivity contribution in [2.24, 2.45) is 5.92 Å². The standard InChI is InChI=1S/C14H20O4/c1-5-10(2)14(15)9-18-13-7-11(16-3)6-12(8-13)17-4/h6-8,10H,5,9H2,1-4H3. The average molecular weight is 252 g/mol. The summed E-state index contributed by atoms with van der Waals surface area (Å²) in [5, 5.41) is 0. The van der Waals surface area contributed by atoms with E-state index >= 15 is 0 Å². The van der Waals surface area contributed by atoms with E-state index in [2.05, 4.69) is 0 Å². The summed E-state index contributed by atoms with van der Waals surface area (Å²) in [5.41, 5.74) is 0. The van der Waals surface area contributed by atoms with E-state index in [1.54, 1.807) is 32.4 Å². The van der Waals surface area contributed by atoms with Crippen LogP contribution in [0.2, 0.25) is 0 Å². The van der Waals surface area contributed by atoms with Crippen LogP contribution in [0, 0.1) is 5.92 Å². The zero-order chi connectivity index (χ0) is 13.5. The predicted octanol–water partition coefficient (Wildman–Crippen LogP) is 2.70. The Hall–Kier alpha value is -1.71. The molecule has 0 saturated carbocycles. The number of ether oxygens (including phenoxy) is 3. The van der Waals surface area contributed by atoms with Crippen molar-refractivity contribution in [2.45, 2.75) is 20.3 Å². The summed E-state index contributed by atoms with van der Waals surface area (Å²) in [6, 6.07) is 5.21. The van der Waals surface area contributed by atoms with Crippen molar-refractivity contribution in [3.8, 4) is 17.2 Å². The van der Waals surface area contributed by atoms with Crippen LogP contribution in [0.3, 0.4) is 0 Å². The van der Waals surface area contributed by atoms with Gasteiger partial charge in [-0.25, -0.2) is 0 Å². The molecule has 1 aromatic carbocycles. The first-order valence-electron chi connectivity index (χ1n) is 5.99. The second-order valence-corrected chi connectivity index (χ2v) is 4.11. The number of hydrogen-bond acceptors (Lipinski definition) is 4. The number of carbonyl (C=O) groups is 1. The second-order valence-electron chi connectivity index (χ2n) is 4.11. The van der Waals surface area contributed by atoms with Gasteiger partial charge in [0.1, 0.15) is 23.9 Å². The van der Waals surface area contributed by atoms with Crippen molar-refractivity contribution >= 4 is 5.78 Å². The minimum atomic E-state index is 0.0255. The van der Waals surface area contributed by atoms with Gasteiger partial charge in [-0.2, -0.15) is 0 Å². The third kappa shape index (κ3) is 3.95. The van der Waals surface area contributed by atoms with Crippen LogP contribution in [-0.2, 0) is 4.79 Å². The Bertz CT molecular complexity index is 379. The normalized spacial score (nSPS) is 11.8. The molecule has 0 radical (unpaired) electrons. The van der Waals surface area contributed by atoms with Gasteiger partial charge in [-0.3, -0.25) is 4.79 Å². The molecule has 0 aromatic heterocycles. The Kier molecular flexibility index (Phi) is 5.49. The molecule has 0 bridgehead atoms. The Labute approximate surface area is 108 Å². The lowest BCUT2D eigenvalue weighted by Crippen LogP contribution is -2.18. The first kappa shape index (κ1) is 14.4. The summed E-state index contributed by atoms with van der Waals surface area (Å²) < 4.78 is 15.7. The zero-order valence-corrected chi connectivity index (χ0v) is 11.4. The van der Waals surface area contributed by atoms with Crippen LogP contribution in [0.5, 0.6) is 17.2 Å². The van der Waals surface area contributed by atoms with E-state index in [1.807, 2.05) is 13.8 Å². The minimum absolute atomic E-state index is 0.0255. The van der Waals surface area contributed by atoms with E-state index in [1.165, 1.54) is 0 Å². The molecule has 1 aromatic rings. The molecule has 0 heterocycles. The molecule has 1 rings (SSSR count). The smallest absolute Gasteiger partial charge is 0.172 e. The molecule has 0 aliphatic carbocycles. The quantitative estimate of drug-likeness (QED) is 0.748. The fraction of sp³-hybridized carbons (Fsp3) is 0.500. The monoisotopic (exact) mass is 252 g/mol. The summed E-state index contributed by atoms with van der Waals surface area (Å²) >= 11 is 0. The molecule has 0 aliphatic rings. The average Bonchev–Trinajstić information content (AvgIpc) is 2.43. The lowest BCUT2D eigenvalue weighted by Gasteiger charge is -2.11. The zero-order valence-electron chi connectivity index (χ0n) is 11.4. The van der Waals surface area contributed by atoms with Gasteiger partial charge in [-0.15, -0.1) is 0 Å². The van der Waals surface area contributed by atoms with Crippen molar-refractivity contribution < 1.29 is 19.0 Å². The Morgan fingerprint density at radius 2 is 1.61 bits per heavy atom. The van der Waals surface area contributed by atoms with E-state index in [0.29, 0.717) is 17.2 Å². The van der Waals surface area contributed by atoms with Gasteiger partial charge in [-0.1, -0.05) is 13.8 Å². The van der Waals surface area contributed by atoms with Crippen LogP contribution >= 0.6 is 0 Å². The van der Waals surface area contributed by atoms with Crippen LogP contribution in [0.15, 0.2) is 18.2 Å².